The summed E-state index contributed by atoms with van der Waals surface area (Å²) in [4.78, 5) is 14.3. The maximum Gasteiger partial charge on any atom is 0.227 e. The van der Waals surface area contributed by atoms with Crippen molar-refractivity contribution in [1.29, 1.82) is 0 Å². The molecule has 0 aromatic carbocycles. The van der Waals surface area contributed by atoms with E-state index in [2.05, 4.69) is 12.2 Å². The number of ether oxygens (including phenoxy) is 1. The fourth-order valence-corrected chi connectivity index (χ4v) is 2.82. The summed E-state index contributed by atoms with van der Waals surface area (Å²) in [5, 5.41) is 3.26. The van der Waals surface area contributed by atoms with Crippen LogP contribution in [0.25, 0.3) is 0 Å². The van der Waals surface area contributed by atoms with Crippen molar-refractivity contribution in [3.63, 3.8) is 0 Å². The van der Waals surface area contributed by atoms with Crippen molar-refractivity contribution < 1.29 is 9.53 Å². The molecular weight excluding hydrogens is 216 g/mol. The number of amides is 1. The third kappa shape index (κ3) is 2.99. The van der Waals surface area contributed by atoms with Gasteiger partial charge < -0.3 is 15.0 Å². The minimum Gasteiger partial charge on any atom is -0.381 e. The Hall–Kier alpha value is -0.610. The van der Waals surface area contributed by atoms with E-state index in [0.29, 0.717) is 17.7 Å². The Bertz CT molecular complexity index is 264. The van der Waals surface area contributed by atoms with Crippen LogP contribution in [0, 0.1) is 17.8 Å². The van der Waals surface area contributed by atoms with Gasteiger partial charge in [-0.05, 0) is 25.8 Å². The zero-order valence-electron chi connectivity index (χ0n) is 10.9. The van der Waals surface area contributed by atoms with Crippen LogP contribution in [0.5, 0.6) is 0 Å². The van der Waals surface area contributed by atoms with Gasteiger partial charge in [0.05, 0.1) is 12.5 Å². The highest BCUT2D eigenvalue weighted by Crippen LogP contribution is 2.25. The molecule has 0 saturated carbocycles. The van der Waals surface area contributed by atoms with Crippen molar-refractivity contribution in [2.75, 3.05) is 39.4 Å². The number of carbonyl (C=O) groups excluding carboxylic acids is 1. The minimum atomic E-state index is 0.216. The molecular formula is C13H24N2O2. The molecule has 0 bridgehead atoms. The Balaban J connectivity index is 1.84. The van der Waals surface area contributed by atoms with Crippen molar-refractivity contribution >= 4 is 5.91 Å². The zero-order valence-corrected chi connectivity index (χ0v) is 10.9. The molecule has 0 aromatic heterocycles. The number of hydrogen-bond donors (Lipinski definition) is 1. The van der Waals surface area contributed by atoms with Gasteiger partial charge in [0.1, 0.15) is 0 Å². The molecule has 2 aliphatic rings. The summed E-state index contributed by atoms with van der Waals surface area (Å²) in [5.41, 5.74) is 0. The highest BCUT2D eigenvalue weighted by molar-refractivity contribution is 5.79. The van der Waals surface area contributed by atoms with Crippen molar-refractivity contribution in [1.82, 2.24) is 10.2 Å². The number of carbonyl (C=O) groups is 1. The SMILES string of the molecule is CCOC[C@@H]1CN(C(=O)[C@@H]2CCNC2)C[C@H]1C. The lowest BCUT2D eigenvalue weighted by Gasteiger charge is -2.20. The van der Waals surface area contributed by atoms with E-state index in [9.17, 15) is 4.79 Å². The molecule has 98 valence electrons. The maximum absolute atomic E-state index is 12.3. The standard InChI is InChI=1S/C13H24N2O2/c1-3-17-9-12-8-15(7-10(12)2)13(16)11-4-5-14-6-11/h10-12,14H,3-9H2,1-2H3/t10-,11-,12+/m1/s1. The van der Waals surface area contributed by atoms with Crippen LogP contribution in [0.15, 0.2) is 0 Å². The molecule has 2 saturated heterocycles. The maximum atomic E-state index is 12.3. The molecule has 4 heteroatoms. The highest BCUT2D eigenvalue weighted by Gasteiger charge is 2.35. The van der Waals surface area contributed by atoms with Crippen LogP contribution in [0.4, 0.5) is 0 Å². The minimum absolute atomic E-state index is 0.216. The van der Waals surface area contributed by atoms with E-state index in [1.165, 1.54) is 0 Å². The van der Waals surface area contributed by atoms with Crippen LogP contribution < -0.4 is 5.32 Å². The lowest BCUT2D eigenvalue weighted by molar-refractivity contribution is -0.134. The molecule has 1 N–H and O–H groups in total. The van der Waals surface area contributed by atoms with Crippen molar-refractivity contribution in [3.05, 3.63) is 0 Å². The second-order valence-corrected chi connectivity index (χ2v) is 5.33. The first kappa shape index (κ1) is 12.8. The van der Waals surface area contributed by atoms with Gasteiger partial charge in [-0.15, -0.1) is 0 Å². The van der Waals surface area contributed by atoms with E-state index in [1.54, 1.807) is 0 Å². The number of hydrogen-bond acceptors (Lipinski definition) is 3. The average molecular weight is 240 g/mol. The summed E-state index contributed by atoms with van der Waals surface area (Å²) >= 11 is 0. The van der Waals surface area contributed by atoms with Crippen molar-refractivity contribution in [2.45, 2.75) is 20.3 Å². The lowest BCUT2D eigenvalue weighted by atomic mass is 9.99. The molecule has 3 atom stereocenters. The van der Waals surface area contributed by atoms with Crippen molar-refractivity contribution in [3.8, 4) is 0 Å². The molecule has 4 nitrogen and oxygen atoms in total. The normalized spacial score (nSPS) is 33.3. The molecule has 2 fully saturated rings. The molecule has 17 heavy (non-hydrogen) atoms. The second-order valence-electron chi connectivity index (χ2n) is 5.33. The zero-order chi connectivity index (χ0) is 12.3. The Kier molecular flexibility index (Phi) is 4.40. The number of likely N-dealkylation sites (tertiary alicyclic amines) is 1. The fourth-order valence-electron chi connectivity index (χ4n) is 2.82. The molecule has 0 unspecified atom stereocenters. The van der Waals surface area contributed by atoms with Crippen LogP contribution in [-0.4, -0.2) is 50.2 Å². The second kappa shape index (κ2) is 5.83. The first-order valence-corrected chi connectivity index (χ1v) is 6.79. The van der Waals surface area contributed by atoms with E-state index >= 15 is 0 Å². The first-order chi connectivity index (χ1) is 8.22. The summed E-state index contributed by atoms with van der Waals surface area (Å²) < 4.78 is 5.49. The summed E-state index contributed by atoms with van der Waals surface area (Å²) in [5.74, 6) is 1.65. The molecule has 2 aliphatic heterocycles. The summed E-state index contributed by atoms with van der Waals surface area (Å²) in [6, 6.07) is 0. The molecule has 1 amide bonds. The third-order valence-corrected chi connectivity index (χ3v) is 4.03. The first-order valence-electron chi connectivity index (χ1n) is 6.79. The van der Waals surface area contributed by atoms with Crippen molar-refractivity contribution in [2.24, 2.45) is 17.8 Å². The predicted molar refractivity (Wildman–Crippen MR) is 66.7 cm³/mol. The largest absolute Gasteiger partial charge is 0.381 e. The van der Waals surface area contributed by atoms with Gasteiger partial charge >= 0.3 is 0 Å². The van der Waals surface area contributed by atoms with Crippen LogP contribution >= 0.6 is 0 Å². The highest BCUT2D eigenvalue weighted by atomic mass is 16.5. The smallest absolute Gasteiger partial charge is 0.227 e. The fraction of sp³-hybridized carbons (Fsp3) is 0.923. The van der Waals surface area contributed by atoms with Crippen LogP contribution in [0.1, 0.15) is 20.3 Å². The quantitative estimate of drug-likeness (QED) is 0.787. The van der Waals surface area contributed by atoms with E-state index in [1.807, 2.05) is 11.8 Å². The Morgan fingerprint density at radius 2 is 2.29 bits per heavy atom. The Labute approximate surface area is 104 Å². The van der Waals surface area contributed by atoms with E-state index in [4.69, 9.17) is 4.74 Å². The molecule has 0 aromatic rings. The van der Waals surface area contributed by atoms with Gasteiger partial charge in [0, 0.05) is 32.2 Å². The van der Waals surface area contributed by atoms with Gasteiger partial charge in [-0.2, -0.15) is 0 Å². The summed E-state index contributed by atoms with van der Waals surface area (Å²) in [7, 11) is 0. The third-order valence-electron chi connectivity index (χ3n) is 4.03. The van der Waals surface area contributed by atoms with Gasteiger partial charge in [0.15, 0.2) is 0 Å². The topological polar surface area (TPSA) is 41.6 Å². The molecule has 0 spiro atoms. The monoisotopic (exact) mass is 240 g/mol. The van der Waals surface area contributed by atoms with E-state index in [-0.39, 0.29) is 5.92 Å². The van der Waals surface area contributed by atoms with Gasteiger partial charge in [-0.1, -0.05) is 6.92 Å². The average Bonchev–Trinajstić information content (AvgIpc) is 2.95. The van der Waals surface area contributed by atoms with Gasteiger partial charge in [-0.3, -0.25) is 4.79 Å². The van der Waals surface area contributed by atoms with E-state index in [0.717, 1.165) is 45.8 Å². The lowest BCUT2D eigenvalue weighted by Crippen LogP contribution is -2.35. The van der Waals surface area contributed by atoms with E-state index < -0.39 is 0 Å². The molecule has 0 radical (unpaired) electrons. The van der Waals surface area contributed by atoms with Gasteiger partial charge in [0.25, 0.3) is 0 Å². The predicted octanol–water partition coefficient (Wildman–Crippen LogP) is 0.727. The van der Waals surface area contributed by atoms with Crippen LogP contribution in [-0.2, 0) is 9.53 Å². The van der Waals surface area contributed by atoms with Crippen LogP contribution in [0.2, 0.25) is 0 Å². The molecule has 2 heterocycles. The number of rotatable bonds is 4. The van der Waals surface area contributed by atoms with Gasteiger partial charge in [-0.25, -0.2) is 0 Å². The van der Waals surface area contributed by atoms with Gasteiger partial charge in [0.2, 0.25) is 5.91 Å². The number of nitrogens with zero attached hydrogens (tertiary/aromatic N) is 1. The molecule has 2 rings (SSSR count). The number of nitrogens with one attached hydrogen (secondary N) is 1. The molecule has 0 aliphatic carbocycles. The Morgan fingerprint density at radius 1 is 1.47 bits per heavy atom. The summed E-state index contributed by atoms with van der Waals surface area (Å²) in [6.45, 7) is 9.45. The Morgan fingerprint density at radius 3 is 2.94 bits per heavy atom. The summed E-state index contributed by atoms with van der Waals surface area (Å²) in [6.07, 6.45) is 1.000. The van der Waals surface area contributed by atoms with Crippen LogP contribution in [0.3, 0.4) is 0 Å².